The van der Waals surface area contributed by atoms with E-state index in [0.29, 0.717) is 5.96 Å². The molecule has 4 N–H and O–H groups in total. The van der Waals surface area contributed by atoms with Gasteiger partial charge in [0.25, 0.3) is 0 Å². The van der Waals surface area contributed by atoms with Gasteiger partial charge in [0, 0.05) is 19.6 Å². The van der Waals surface area contributed by atoms with E-state index in [4.69, 9.17) is 5.14 Å². The zero-order valence-corrected chi connectivity index (χ0v) is 17.1. The summed E-state index contributed by atoms with van der Waals surface area (Å²) in [7, 11) is -3.42. The fraction of sp³-hybridized carbons (Fsp3) is 0.929. The van der Waals surface area contributed by atoms with Crippen LogP contribution >= 0.6 is 24.0 Å². The van der Waals surface area contributed by atoms with Crippen molar-refractivity contribution in [1.82, 2.24) is 10.6 Å². The summed E-state index contributed by atoms with van der Waals surface area (Å²) in [6.07, 6.45) is 8.78. The van der Waals surface area contributed by atoms with E-state index in [1.54, 1.807) is 0 Å². The Morgan fingerprint density at radius 3 is 2.14 bits per heavy atom. The van der Waals surface area contributed by atoms with E-state index in [-0.39, 0.29) is 36.3 Å². The average Bonchev–Trinajstić information content (AvgIpc) is 2.40. The molecule has 134 valence electrons. The van der Waals surface area contributed by atoms with Gasteiger partial charge in [-0.25, -0.2) is 13.6 Å². The van der Waals surface area contributed by atoms with Crippen LogP contribution in [0.25, 0.3) is 0 Å². The normalized spacial score (nSPS) is 11.9. The van der Waals surface area contributed by atoms with Crippen molar-refractivity contribution in [2.24, 2.45) is 10.1 Å². The molecule has 0 bridgehead atoms. The number of nitrogens with zero attached hydrogens (tertiary/aromatic N) is 1. The monoisotopic (exact) mass is 448 g/mol. The standard InChI is InChI=1S/C14H32N4O2S.HI/c1-3-5-6-7-8-9-10-11-17-14(16-4-2)18-12-13-21(15,19)20;/h3-13H2,1-2H3,(H2,15,19,20)(H2,16,17,18);1H. The van der Waals surface area contributed by atoms with E-state index in [1.807, 2.05) is 6.92 Å². The summed E-state index contributed by atoms with van der Waals surface area (Å²) in [5.74, 6) is 0.571. The molecule has 0 fully saturated rings. The molecule has 0 saturated carbocycles. The number of rotatable bonds is 12. The Hall–Kier alpha value is -0.0900. The van der Waals surface area contributed by atoms with Crippen LogP contribution in [0.4, 0.5) is 0 Å². The van der Waals surface area contributed by atoms with E-state index in [2.05, 4.69) is 22.5 Å². The van der Waals surface area contributed by atoms with E-state index in [9.17, 15) is 8.42 Å². The Balaban J connectivity index is 0. The molecule has 0 heterocycles. The second-order valence-electron chi connectivity index (χ2n) is 5.18. The van der Waals surface area contributed by atoms with E-state index in [0.717, 1.165) is 19.5 Å². The molecule has 0 radical (unpaired) electrons. The molecule has 0 aliphatic carbocycles. The molecule has 0 atom stereocenters. The first kappa shape index (κ1) is 24.2. The maximum absolute atomic E-state index is 10.9. The summed E-state index contributed by atoms with van der Waals surface area (Å²) in [4.78, 5) is 4.43. The lowest BCUT2D eigenvalue weighted by molar-refractivity contribution is 0.591. The molecule has 0 unspecified atom stereocenters. The third kappa shape index (κ3) is 18.0. The van der Waals surface area contributed by atoms with Crippen LogP contribution < -0.4 is 15.8 Å². The first-order valence-electron chi connectivity index (χ1n) is 8.02. The van der Waals surface area contributed by atoms with Crippen molar-refractivity contribution in [2.45, 2.75) is 58.8 Å². The summed E-state index contributed by atoms with van der Waals surface area (Å²) < 4.78 is 21.7. The lowest BCUT2D eigenvalue weighted by atomic mass is 10.1. The van der Waals surface area contributed by atoms with Gasteiger partial charge in [-0.3, -0.25) is 4.99 Å². The Morgan fingerprint density at radius 1 is 1.00 bits per heavy atom. The SMILES string of the molecule is CCCCCCCCCN=C(NCC)NCCS(N)(=O)=O.I. The van der Waals surface area contributed by atoms with Crippen LogP contribution in [0.2, 0.25) is 0 Å². The van der Waals surface area contributed by atoms with Gasteiger partial charge in [0.2, 0.25) is 10.0 Å². The number of sulfonamides is 1. The van der Waals surface area contributed by atoms with Crippen molar-refractivity contribution in [3.8, 4) is 0 Å². The molecule has 0 aromatic carbocycles. The number of hydrogen-bond donors (Lipinski definition) is 3. The molecule has 0 aromatic rings. The molecule has 0 spiro atoms. The topological polar surface area (TPSA) is 96.6 Å². The van der Waals surface area contributed by atoms with Crippen LogP contribution in [0, 0.1) is 0 Å². The van der Waals surface area contributed by atoms with Gasteiger partial charge in [-0.2, -0.15) is 0 Å². The third-order valence-corrected chi connectivity index (χ3v) is 3.83. The summed E-state index contributed by atoms with van der Waals surface area (Å²) in [6, 6.07) is 0. The Labute approximate surface area is 153 Å². The second-order valence-corrected chi connectivity index (χ2v) is 6.91. The van der Waals surface area contributed by atoms with Gasteiger partial charge < -0.3 is 10.6 Å². The summed E-state index contributed by atoms with van der Waals surface area (Å²) in [5.41, 5.74) is 0. The maximum atomic E-state index is 10.9. The number of nitrogens with one attached hydrogen (secondary N) is 2. The molecule has 22 heavy (non-hydrogen) atoms. The fourth-order valence-corrected chi connectivity index (χ4v) is 2.30. The lowest BCUT2D eigenvalue weighted by Gasteiger charge is -2.10. The molecule has 0 amide bonds. The molecular formula is C14H33IN4O2S. The second kappa shape index (κ2) is 15.8. The van der Waals surface area contributed by atoms with Gasteiger partial charge in [-0.05, 0) is 13.3 Å². The number of halogens is 1. The predicted molar refractivity (Wildman–Crippen MR) is 105 cm³/mol. The van der Waals surface area contributed by atoms with E-state index < -0.39 is 10.0 Å². The van der Waals surface area contributed by atoms with Gasteiger partial charge in [0.15, 0.2) is 5.96 Å². The van der Waals surface area contributed by atoms with Gasteiger partial charge >= 0.3 is 0 Å². The van der Waals surface area contributed by atoms with Crippen LogP contribution in [-0.2, 0) is 10.0 Å². The van der Waals surface area contributed by atoms with Crippen LogP contribution in [0.1, 0.15) is 58.8 Å². The van der Waals surface area contributed by atoms with Crippen molar-refractivity contribution in [3.63, 3.8) is 0 Å². The summed E-state index contributed by atoms with van der Waals surface area (Å²) >= 11 is 0. The van der Waals surface area contributed by atoms with Crippen molar-refractivity contribution < 1.29 is 8.42 Å². The fourth-order valence-electron chi connectivity index (χ4n) is 1.91. The summed E-state index contributed by atoms with van der Waals surface area (Å²) in [6.45, 7) is 5.99. The number of primary sulfonamides is 1. The molecule has 0 rings (SSSR count). The zero-order chi connectivity index (χ0) is 16.0. The highest BCUT2D eigenvalue weighted by Crippen LogP contribution is 2.06. The minimum absolute atomic E-state index is 0. The van der Waals surface area contributed by atoms with Crippen LogP contribution in [0.5, 0.6) is 0 Å². The Kier molecular flexibility index (Phi) is 17.3. The molecule has 0 aromatic heterocycles. The average molecular weight is 448 g/mol. The number of nitrogens with two attached hydrogens (primary N) is 1. The predicted octanol–water partition coefficient (Wildman–Crippen LogP) is 2.20. The van der Waals surface area contributed by atoms with Crippen LogP contribution in [0.3, 0.4) is 0 Å². The van der Waals surface area contributed by atoms with Crippen molar-refractivity contribution in [2.75, 3.05) is 25.4 Å². The molecular weight excluding hydrogens is 415 g/mol. The number of hydrogen-bond acceptors (Lipinski definition) is 3. The molecule has 0 aliphatic heterocycles. The minimum atomic E-state index is -3.42. The Bertz CT molecular complexity index is 375. The van der Waals surface area contributed by atoms with Gasteiger partial charge in [0.1, 0.15) is 0 Å². The van der Waals surface area contributed by atoms with Gasteiger partial charge in [-0.1, -0.05) is 45.4 Å². The van der Waals surface area contributed by atoms with Crippen LogP contribution in [0.15, 0.2) is 4.99 Å². The molecule has 8 heteroatoms. The number of unbranched alkanes of at least 4 members (excludes halogenated alkanes) is 6. The quantitative estimate of drug-likeness (QED) is 0.185. The number of guanidine groups is 1. The highest BCUT2D eigenvalue weighted by atomic mass is 127. The highest BCUT2D eigenvalue weighted by Gasteiger charge is 2.03. The molecule has 6 nitrogen and oxygen atoms in total. The zero-order valence-electron chi connectivity index (χ0n) is 13.9. The minimum Gasteiger partial charge on any atom is -0.357 e. The first-order chi connectivity index (χ1) is 9.99. The summed E-state index contributed by atoms with van der Waals surface area (Å²) in [5, 5.41) is 11.0. The van der Waals surface area contributed by atoms with E-state index >= 15 is 0 Å². The molecule has 0 aliphatic rings. The number of aliphatic imine (C=N–C) groups is 1. The molecule has 0 saturated heterocycles. The smallest absolute Gasteiger partial charge is 0.210 e. The van der Waals surface area contributed by atoms with E-state index in [1.165, 1.54) is 38.5 Å². The third-order valence-electron chi connectivity index (χ3n) is 3.05. The van der Waals surface area contributed by atoms with Crippen molar-refractivity contribution >= 4 is 40.0 Å². The lowest BCUT2D eigenvalue weighted by Crippen LogP contribution is -2.40. The van der Waals surface area contributed by atoms with Crippen molar-refractivity contribution in [1.29, 1.82) is 0 Å². The Morgan fingerprint density at radius 2 is 1.59 bits per heavy atom. The van der Waals surface area contributed by atoms with Crippen LogP contribution in [-0.4, -0.2) is 39.8 Å². The maximum Gasteiger partial charge on any atom is 0.210 e. The van der Waals surface area contributed by atoms with Gasteiger partial charge in [0.05, 0.1) is 5.75 Å². The van der Waals surface area contributed by atoms with Gasteiger partial charge in [-0.15, -0.1) is 24.0 Å². The largest absolute Gasteiger partial charge is 0.357 e. The highest BCUT2D eigenvalue weighted by molar-refractivity contribution is 14.0. The van der Waals surface area contributed by atoms with Crippen molar-refractivity contribution in [3.05, 3.63) is 0 Å². The first-order valence-corrected chi connectivity index (χ1v) is 9.73.